The molecular weight excluding hydrogens is 230 g/mol. The van der Waals surface area contributed by atoms with Crippen LogP contribution in [0, 0.1) is 12.7 Å². The van der Waals surface area contributed by atoms with E-state index < -0.39 is 0 Å². The molecule has 1 aromatic rings. The van der Waals surface area contributed by atoms with Crippen molar-refractivity contribution >= 4 is 27.5 Å². The van der Waals surface area contributed by atoms with Gasteiger partial charge < -0.3 is 0 Å². The molecule has 0 aliphatic carbocycles. The first kappa shape index (κ1) is 9.01. The molecule has 0 aliphatic heterocycles. The second-order valence-electron chi connectivity index (χ2n) is 2.32. The minimum atomic E-state index is -0.233. The van der Waals surface area contributed by atoms with E-state index in [1.165, 1.54) is 12.1 Å². The van der Waals surface area contributed by atoms with Crippen LogP contribution in [0.3, 0.4) is 0 Å². The van der Waals surface area contributed by atoms with Crippen molar-refractivity contribution in [3.8, 4) is 0 Å². The summed E-state index contributed by atoms with van der Waals surface area (Å²) >= 11 is 8.87. The molecule has 0 nitrogen and oxygen atoms in total. The Labute approximate surface area is 78.5 Å². The lowest BCUT2D eigenvalue weighted by Gasteiger charge is -2.03. The third-order valence-electron chi connectivity index (χ3n) is 1.52. The predicted octanol–water partition coefficient (Wildman–Crippen LogP) is 3.64. The summed E-state index contributed by atoms with van der Waals surface area (Å²) in [5, 5.41) is 0. The average Bonchev–Trinajstić information content (AvgIpc) is 1.85. The molecule has 0 saturated carbocycles. The number of aryl methyl sites for hydroxylation is 1. The molecule has 3 heteroatoms. The zero-order valence-electron chi connectivity index (χ0n) is 6.00. The van der Waals surface area contributed by atoms with Gasteiger partial charge in [0.2, 0.25) is 0 Å². The fourth-order valence-corrected chi connectivity index (χ4v) is 2.09. The highest BCUT2D eigenvalue weighted by Crippen LogP contribution is 2.23. The number of benzene rings is 1. The maximum atomic E-state index is 12.7. The molecule has 1 rings (SSSR count). The van der Waals surface area contributed by atoms with Crippen molar-refractivity contribution in [3.63, 3.8) is 0 Å². The topological polar surface area (TPSA) is 0 Å². The first-order valence-electron chi connectivity index (χ1n) is 3.15. The van der Waals surface area contributed by atoms with Gasteiger partial charge in [-0.1, -0.05) is 15.9 Å². The van der Waals surface area contributed by atoms with Gasteiger partial charge in [-0.3, -0.25) is 0 Å². The van der Waals surface area contributed by atoms with Crippen LogP contribution in [0.2, 0.25) is 0 Å². The number of hydrogen-bond donors (Lipinski definition) is 0. The summed E-state index contributed by atoms with van der Waals surface area (Å²) in [6, 6.07) is 2.90. The van der Waals surface area contributed by atoms with E-state index >= 15 is 0 Å². The Hall–Kier alpha value is -0.0800. The van der Waals surface area contributed by atoms with Crippen LogP contribution in [0.15, 0.2) is 16.6 Å². The van der Waals surface area contributed by atoms with Gasteiger partial charge in [-0.15, -0.1) is 11.6 Å². The van der Waals surface area contributed by atoms with Crippen LogP contribution in [-0.2, 0) is 5.88 Å². The van der Waals surface area contributed by atoms with E-state index in [1.54, 1.807) is 0 Å². The quantitative estimate of drug-likeness (QED) is 0.654. The molecule has 0 aliphatic rings. The Morgan fingerprint density at radius 1 is 1.55 bits per heavy atom. The van der Waals surface area contributed by atoms with Crippen molar-refractivity contribution in [3.05, 3.63) is 33.5 Å². The van der Waals surface area contributed by atoms with Gasteiger partial charge in [0, 0.05) is 10.4 Å². The molecule has 0 amide bonds. The maximum absolute atomic E-state index is 12.7. The Bertz CT molecular complexity index is 250. The summed E-state index contributed by atoms with van der Waals surface area (Å²) < 4.78 is 13.4. The van der Waals surface area contributed by atoms with Crippen LogP contribution in [-0.4, -0.2) is 0 Å². The lowest BCUT2D eigenvalue weighted by atomic mass is 10.1. The molecule has 0 heterocycles. The molecule has 11 heavy (non-hydrogen) atoms. The maximum Gasteiger partial charge on any atom is 0.124 e. The Morgan fingerprint density at radius 2 is 2.18 bits per heavy atom. The molecule has 1 aromatic carbocycles. The molecule has 0 bridgehead atoms. The van der Waals surface area contributed by atoms with Crippen molar-refractivity contribution in [2.24, 2.45) is 0 Å². The number of rotatable bonds is 1. The highest BCUT2D eigenvalue weighted by atomic mass is 79.9. The SMILES string of the molecule is Cc1cc(F)cc(Br)c1CCl. The molecule has 0 spiro atoms. The van der Waals surface area contributed by atoms with Gasteiger partial charge in [0.15, 0.2) is 0 Å². The van der Waals surface area contributed by atoms with E-state index in [4.69, 9.17) is 11.6 Å². The molecule has 0 unspecified atom stereocenters. The van der Waals surface area contributed by atoms with E-state index in [-0.39, 0.29) is 5.82 Å². The number of hydrogen-bond acceptors (Lipinski definition) is 0. The highest BCUT2D eigenvalue weighted by molar-refractivity contribution is 9.10. The zero-order valence-corrected chi connectivity index (χ0v) is 8.34. The molecule has 0 fully saturated rings. The largest absolute Gasteiger partial charge is 0.207 e. The van der Waals surface area contributed by atoms with Crippen molar-refractivity contribution in [2.75, 3.05) is 0 Å². The smallest absolute Gasteiger partial charge is 0.124 e. The normalized spacial score (nSPS) is 10.2. The van der Waals surface area contributed by atoms with Gasteiger partial charge in [-0.25, -0.2) is 4.39 Å². The van der Waals surface area contributed by atoms with Crippen LogP contribution in [0.4, 0.5) is 4.39 Å². The standard InChI is InChI=1S/C8H7BrClF/c1-5-2-6(11)3-8(9)7(5)4-10/h2-3H,4H2,1H3. The Balaban J connectivity index is 3.25. The van der Waals surface area contributed by atoms with E-state index in [9.17, 15) is 4.39 Å². The van der Waals surface area contributed by atoms with Crippen LogP contribution >= 0.6 is 27.5 Å². The Morgan fingerprint density at radius 3 is 2.64 bits per heavy atom. The fraction of sp³-hybridized carbons (Fsp3) is 0.250. The summed E-state index contributed by atoms with van der Waals surface area (Å²) in [6.07, 6.45) is 0. The second kappa shape index (κ2) is 3.55. The molecule has 0 saturated heterocycles. The van der Waals surface area contributed by atoms with Gasteiger partial charge in [0.25, 0.3) is 0 Å². The van der Waals surface area contributed by atoms with E-state index in [1.807, 2.05) is 6.92 Å². The number of alkyl halides is 1. The minimum Gasteiger partial charge on any atom is -0.207 e. The van der Waals surface area contributed by atoms with E-state index in [2.05, 4.69) is 15.9 Å². The lowest BCUT2D eigenvalue weighted by molar-refractivity contribution is 0.625. The first-order chi connectivity index (χ1) is 5.15. The summed E-state index contributed by atoms with van der Waals surface area (Å²) in [5.41, 5.74) is 1.83. The number of halogens is 3. The van der Waals surface area contributed by atoms with Crippen molar-refractivity contribution in [2.45, 2.75) is 12.8 Å². The zero-order chi connectivity index (χ0) is 8.43. The first-order valence-corrected chi connectivity index (χ1v) is 4.48. The van der Waals surface area contributed by atoms with Gasteiger partial charge in [-0.2, -0.15) is 0 Å². The van der Waals surface area contributed by atoms with Crippen molar-refractivity contribution in [1.29, 1.82) is 0 Å². The third-order valence-corrected chi connectivity index (χ3v) is 2.49. The van der Waals surface area contributed by atoms with E-state index in [0.29, 0.717) is 5.88 Å². The lowest BCUT2D eigenvalue weighted by Crippen LogP contribution is -1.88. The minimum absolute atomic E-state index is 0.233. The predicted molar refractivity (Wildman–Crippen MR) is 48.4 cm³/mol. The highest BCUT2D eigenvalue weighted by Gasteiger charge is 2.03. The van der Waals surface area contributed by atoms with Gasteiger partial charge in [0.1, 0.15) is 5.82 Å². The van der Waals surface area contributed by atoms with E-state index in [0.717, 1.165) is 15.6 Å². The van der Waals surface area contributed by atoms with Gasteiger partial charge in [-0.05, 0) is 30.2 Å². The molecule has 60 valence electrons. The molecular formula is C8H7BrClF. The average molecular weight is 237 g/mol. The fourth-order valence-electron chi connectivity index (χ4n) is 0.901. The van der Waals surface area contributed by atoms with Crippen LogP contribution in [0.25, 0.3) is 0 Å². The molecule has 0 atom stereocenters. The molecule has 0 N–H and O–H groups in total. The van der Waals surface area contributed by atoms with Crippen molar-refractivity contribution < 1.29 is 4.39 Å². The second-order valence-corrected chi connectivity index (χ2v) is 3.44. The summed E-state index contributed by atoms with van der Waals surface area (Å²) in [6.45, 7) is 1.84. The van der Waals surface area contributed by atoms with Crippen LogP contribution in [0.1, 0.15) is 11.1 Å². The molecule has 0 aromatic heterocycles. The van der Waals surface area contributed by atoms with Gasteiger partial charge in [0.05, 0.1) is 0 Å². The molecule has 0 radical (unpaired) electrons. The summed E-state index contributed by atoms with van der Waals surface area (Å²) in [5.74, 6) is 0.176. The Kier molecular flexibility index (Phi) is 2.90. The van der Waals surface area contributed by atoms with Crippen LogP contribution in [0.5, 0.6) is 0 Å². The summed E-state index contributed by atoms with van der Waals surface area (Å²) in [7, 11) is 0. The van der Waals surface area contributed by atoms with Crippen LogP contribution < -0.4 is 0 Å². The van der Waals surface area contributed by atoms with Gasteiger partial charge >= 0.3 is 0 Å². The summed E-state index contributed by atoms with van der Waals surface area (Å²) in [4.78, 5) is 0. The van der Waals surface area contributed by atoms with Crippen molar-refractivity contribution in [1.82, 2.24) is 0 Å². The monoisotopic (exact) mass is 236 g/mol. The third kappa shape index (κ3) is 1.94.